The van der Waals surface area contributed by atoms with E-state index in [9.17, 15) is 4.79 Å². The molecule has 3 N–H and O–H groups in total. The molecule has 6 heteroatoms. The number of fused-ring (bicyclic) bond motifs is 1. The molecular formula is C7H7N3O2S. The molecule has 0 saturated heterocycles. The Kier molecular flexibility index (Phi) is 1.53. The van der Waals surface area contributed by atoms with E-state index in [1.54, 1.807) is 7.05 Å². The van der Waals surface area contributed by atoms with Gasteiger partial charge >= 0.3 is 0 Å². The molecule has 0 radical (unpaired) electrons. The minimum atomic E-state index is -0.251. The van der Waals surface area contributed by atoms with E-state index in [0.717, 1.165) is 0 Å². The van der Waals surface area contributed by atoms with Crippen molar-refractivity contribution in [2.24, 2.45) is 7.05 Å². The van der Waals surface area contributed by atoms with Gasteiger partial charge in [0.15, 0.2) is 10.7 Å². The quantitative estimate of drug-likeness (QED) is 0.542. The van der Waals surface area contributed by atoms with Crippen molar-refractivity contribution in [3.8, 4) is 5.88 Å². The minimum absolute atomic E-state index is 0.0519. The molecule has 0 aliphatic carbocycles. The third-order valence-electron chi connectivity index (χ3n) is 1.87. The maximum absolute atomic E-state index is 11.5. The van der Waals surface area contributed by atoms with Crippen LogP contribution in [0.5, 0.6) is 5.88 Å². The number of hydrogen-bond acceptors (Lipinski definition) is 3. The fourth-order valence-corrected chi connectivity index (χ4v) is 1.36. The summed E-state index contributed by atoms with van der Waals surface area (Å²) in [4.78, 5) is 16.8. The predicted molar refractivity (Wildman–Crippen MR) is 50.4 cm³/mol. The van der Waals surface area contributed by atoms with Gasteiger partial charge in [0.05, 0.1) is 5.52 Å². The molecule has 2 aromatic heterocycles. The highest BCUT2D eigenvalue weighted by atomic mass is 32.1. The van der Waals surface area contributed by atoms with E-state index < -0.39 is 0 Å². The Morgan fingerprint density at radius 2 is 2.23 bits per heavy atom. The Balaban J connectivity index is 3.10. The lowest BCUT2D eigenvalue weighted by molar-refractivity contribution is 0.458. The zero-order valence-corrected chi connectivity index (χ0v) is 7.60. The second kappa shape index (κ2) is 2.46. The number of H-pyrrole nitrogens is 2. The molecule has 5 nitrogen and oxygen atoms in total. The van der Waals surface area contributed by atoms with Gasteiger partial charge in [-0.15, -0.1) is 0 Å². The van der Waals surface area contributed by atoms with Crippen LogP contribution in [-0.2, 0) is 7.05 Å². The lowest BCUT2D eigenvalue weighted by atomic mass is 10.4. The van der Waals surface area contributed by atoms with Gasteiger partial charge in [-0.1, -0.05) is 0 Å². The van der Waals surface area contributed by atoms with Crippen molar-refractivity contribution in [2.75, 3.05) is 0 Å². The van der Waals surface area contributed by atoms with Gasteiger partial charge in [-0.25, -0.2) is 0 Å². The Morgan fingerprint density at radius 3 is 2.92 bits per heavy atom. The van der Waals surface area contributed by atoms with E-state index in [1.165, 1.54) is 10.6 Å². The van der Waals surface area contributed by atoms with Gasteiger partial charge in [0.2, 0.25) is 0 Å². The molecule has 0 fully saturated rings. The number of nitrogens with zero attached hydrogens (tertiary/aromatic N) is 1. The Bertz CT molecular complexity index is 577. The average Bonchev–Trinajstić information content (AvgIpc) is 2.42. The number of nitrogens with one attached hydrogen (secondary N) is 2. The highest BCUT2D eigenvalue weighted by Gasteiger charge is 2.05. The van der Waals surface area contributed by atoms with E-state index >= 15 is 0 Å². The summed E-state index contributed by atoms with van der Waals surface area (Å²) in [6.07, 6.45) is 0. The second-order valence-corrected chi connectivity index (χ2v) is 3.12. The summed E-state index contributed by atoms with van der Waals surface area (Å²) < 4.78 is 1.63. The molecule has 13 heavy (non-hydrogen) atoms. The van der Waals surface area contributed by atoms with Gasteiger partial charge in [-0.05, 0) is 12.2 Å². The van der Waals surface area contributed by atoms with Gasteiger partial charge in [0, 0.05) is 13.1 Å². The summed E-state index contributed by atoms with van der Waals surface area (Å²) >= 11 is 4.89. The first kappa shape index (κ1) is 8.06. The Morgan fingerprint density at radius 1 is 1.54 bits per heavy atom. The van der Waals surface area contributed by atoms with Crippen molar-refractivity contribution in [1.82, 2.24) is 14.5 Å². The predicted octanol–water partition coefficient (Wildman–Crippen LogP) is 0.630. The summed E-state index contributed by atoms with van der Waals surface area (Å²) in [5.74, 6) is -0.0519. The number of aromatic hydroxyl groups is 1. The van der Waals surface area contributed by atoms with Crippen LogP contribution in [0, 0.1) is 4.77 Å². The largest absolute Gasteiger partial charge is 0.495 e. The Hall–Kier alpha value is -1.56. The standard InChI is InChI=1S/C7H7N3O2S/c1-10-6(12)5-3(8-7(10)13)2-4(11)9-5/h2,9,11H,1H3,(H,8,13). The summed E-state index contributed by atoms with van der Waals surface area (Å²) in [7, 11) is 1.57. The molecule has 2 aromatic rings. The van der Waals surface area contributed by atoms with Crippen molar-refractivity contribution in [3.63, 3.8) is 0 Å². The van der Waals surface area contributed by atoms with Crippen LogP contribution in [0.4, 0.5) is 0 Å². The van der Waals surface area contributed by atoms with Crippen LogP contribution in [-0.4, -0.2) is 19.6 Å². The fraction of sp³-hybridized carbons (Fsp3) is 0.143. The van der Waals surface area contributed by atoms with Crippen molar-refractivity contribution < 1.29 is 5.11 Å². The monoisotopic (exact) mass is 197 g/mol. The van der Waals surface area contributed by atoms with Crippen LogP contribution in [0.3, 0.4) is 0 Å². The summed E-state index contributed by atoms with van der Waals surface area (Å²) in [5.41, 5.74) is 0.596. The van der Waals surface area contributed by atoms with E-state index in [1.807, 2.05) is 0 Å². The van der Waals surface area contributed by atoms with Crippen LogP contribution in [0.25, 0.3) is 11.0 Å². The normalized spacial score (nSPS) is 10.8. The lowest BCUT2D eigenvalue weighted by Gasteiger charge is -1.96. The fourth-order valence-electron chi connectivity index (χ4n) is 1.17. The molecule has 0 saturated carbocycles. The first-order chi connectivity index (χ1) is 6.09. The van der Waals surface area contributed by atoms with Crippen LogP contribution < -0.4 is 5.56 Å². The van der Waals surface area contributed by atoms with E-state index in [4.69, 9.17) is 17.3 Å². The van der Waals surface area contributed by atoms with E-state index in [2.05, 4.69) is 9.97 Å². The third-order valence-corrected chi connectivity index (χ3v) is 2.24. The maximum atomic E-state index is 11.5. The van der Waals surface area contributed by atoms with Crippen LogP contribution in [0.15, 0.2) is 10.9 Å². The molecule has 0 aliphatic rings. The molecule has 0 spiro atoms. The molecule has 0 aromatic carbocycles. The summed E-state index contributed by atoms with van der Waals surface area (Å²) in [6.45, 7) is 0. The molecule has 0 unspecified atom stereocenters. The highest BCUT2D eigenvalue weighted by Crippen LogP contribution is 2.12. The topological polar surface area (TPSA) is 73.8 Å². The van der Waals surface area contributed by atoms with Gasteiger partial charge in [0.1, 0.15) is 5.52 Å². The third kappa shape index (κ3) is 1.06. The van der Waals surface area contributed by atoms with Crippen molar-refractivity contribution in [1.29, 1.82) is 0 Å². The smallest absolute Gasteiger partial charge is 0.278 e. The molecule has 0 amide bonds. The minimum Gasteiger partial charge on any atom is -0.495 e. The van der Waals surface area contributed by atoms with Crippen molar-refractivity contribution in [2.45, 2.75) is 0 Å². The van der Waals surface area contributed by atoms with Gasteiger partial charge in [-0.2, -0.15) is 0 Å². The molecule has 0 atom stereocenters. The second-order valence-electron chi connectivity index (χ2n) is 2.74. The van der Waals surface area contributed by atoms with Crippen LogP contribution in [0.2, 0.25) is 0 Å². The van der Waals surface area contributed by atoms with Gasteiger partial charge in [0.25, 0.3) is 5.56 Å². The lowest BCUT2D eigenvalue weighted by Crippen LogP contribution is -2.18. The molecular weight excluding hydrogens is 190 g/mol. The average molecular weight is 197 g/mol. The molecule has 2 rings (SSSR count). The van der Waals surface area contributed by atoms with Gasteiger partial charge < -0.3 is 15.1 Å². The van der Waals surface area contributed by atoms with Crippen molar-refractivity contribution in [3.05, 3.63) is 21.2 Å². The first-order valence-corrected chi connectivity index (χ1v) is 4.01. The number of rotatable bonds is 0. The zero-order chi connectivity index (χ0) is 9.59. The van der Waals surface area contributed by atoms with Crippen molar-refractivity contribution >= 4 is 23.3 Å². The van der Waals surface area contributed by atoms with Gasteiger partial charge in [-0.3, -0.25) is 9.36 Å². The summed E-state index contributed by atoms with van der Waals surface area (Å²) in [6, 6.07) is 1.42. The Labute approximate surface area is 77.7 Å². The number of aromatic nitrogens is 3. The molecule has 0 aliphatic heterocycles. The molecule has 2 heterocycles. The van der Waals surface area contributed by atoms with E-state index in [-0.39, 0.29) is 11.4 Å². The number of aromatic amines is 2. The number of hydrogen-bond donors (Lipinski definition) is 3. The SMILES string of the molecule is Cn1c(=S)[nH]c2cc(O)[nH]c2c1=O. The zero-order valence-electron chi connectivity index (χ0n) is 6.79. The maximum Gasteiger partial charge on any atom is 0.278 e. The molecule has 0 bridgehead atoms. The first-order valence-electron chi connectivity index (χ1n) is 3.60. The van der Waals surface area contributed by atoms with Crippen LogP contribution in [0.1, 0.15) is 0 Å². The molecule has 68 valence electrons. The summed E-state index contributed by atoms with van der Waals surface area (Å²) in [5, 5.41) is 9.10. The highest BCUT2D eigenvalue weighted by molar-refractivity contribution is 7.71. The van der Waals surface area contributed by atoms with Crippen LogP contribution >= 0.6 is 12.2 Å². The van der Waals surface area contributed by atoms with E-state index in [0.29, 0.717) is 15.8 Å².